The molecule has 96 valence electrons. The SMILES string of the molecule is CCc1ccccc1CNC(CCO)COC. The summed E-state index contributed by atoms with van der Waals surface area (Å²) in [4.78, 5) is 0. The van der Waals surface area contributed by atoms with Gasteiger partial charge in [0.2, 0.25) is 0 Å². The first kappa shape index (κ1) is 14.2. The van der Waals surface area contributed by atoms with Crippen LogP contribution in [-0.4, -0.2) is 31.5 Å². The Morgan fingerprint density at radius 2 is 2.00 bits per heavy atom. The van der Waals surface area contributed by atoms with Crippen molar-refractivity contribution in [3.05, 3.63) is 35.4 Å². The van der Waals surface area contributed by atoms with Crippen LogP contribution in [0.1, 0.15) is 24.5 Å². The lowest BCUT2D eigenvalue weighted by Crippen LogP contribution is -2.33. The average molecular weight is 237 g/mol. The van der Waals surface area contributed by atoms with E-state index in [9.17, 15) is 0 Å². The minimum atomic E-state index is 0.191. The fraction of sp³-hybridized carbons (Fsp3) is 0.571. The minimum absolute atomic E-state index is 0.191. The first-order chi connectivity index (χ1) is 8.31. The molecule has 0 radical (unpaired) electrons. The number of hydrogen-bond acceptors (Lipinski definition) is 3. The highest BCUT2D eigenvalue weighted by Gasteiger charge is 2.08. The van der Waals surface area contributed by atoms with E-state index >= 15 is 0 Å². The molecule has 0 amide bonds. The zero-order valence-electron chi connectivity index (χ0n) is 10.8. The van der Waals surface area contributed by atoms with E-state index in [0.29, 0.717) is 6.61 Å². The van der Waals surface area contributed by atoms with Crippen LogP contribution in [0.15, 0.2) is 24.3 Å². The fourth-order valence-corrected chi connectivity index (χ4v) is 1.93. The standard InChI is InChI=1S/C14H23NO2/c1-3-12-6-4-5-7-13(12)10-15-14(8-9-16)11-17-2/h4-7,14-16H,3,8-11H2,1-2H3. The maximum atomic E-state index is 8.97. The Balaban J connectivity index is 2.52. The normalized spacial score (nSPS) is 12.6. The van der Waals surface area contributed by atoms with E-state index in [1.807, 2.05) is 0 Å². The van der Waals surface area contributed by atoms with Crippen LogP contribution < -0.4 is 5.32 Å². The second-order valence-corrected chi connectivity index (χ2v) is 4.17. The van der Waals surface area contributed by atoms with E-state index in [1.165, 1.54) is 11.1 Å². The Hall–Kier alpha value is -0.900. The molecule has 0 aliphatic heterocycles. The number of ether oxygens (including phenoxy) is 1. The molecule has 1 aromatic rings. The number of aliphatic hydroxyl groups is 1. The van der Waals surface area contributed by atoms with Crippen molar-refractivity contribution in [2.24, 2.45) is 0 Å². The zero-order valence-corrected chi connectivity index (χ0v) is 10.8. The number of hydrogen-bond donors (Lipinski definition) is 2. The highest BCUT2D eigenvalue weighted by atomic mass is 16.5. The van der Waals surface area contributed by atoms with Gasteiger partial charge >= 0.3 is 0 Å². The number of rotatable bonds is 8. The van der Waals surface area contributed by atoms with Crippen LogP contribution >= 0.6 is 0 Å². The van der Waals surface area contributed by atoms with E-state index in [1.54, 1.807) is 7.11 Å². The monoisotopic (exact) mass is 237 g/mol. The smallest absolute Gasteiger partial charge is 0.0616 e. The molecule has 0 saturated heterocycles. The van der Waals surface area contributed by atoms with Gasteiger partial charge in [0.25, 0.3) is 0 Å². The van der Waals surface area contributed by atoms with Gasteiger partial charge in [0.15, 0.2) is 0 Å². The summed E-state index contributed by atoms with van der Waals surface area (Å²) >= 11 is 0. The third-order valence-corrected chi connectivity index (χ3v) is 2.93. The van der Waals surface area contributed by atoms with Gasteiger partial charge in [-0.2, -0.15) is 0 Å². The molecule has 0 bridgehead atoms. The van der Waals surface area contributed by atoms with E-state index in [2.05, 4.69) is 36.5 Å². The first-order valence-corrected chi connectivity index (χ1v) is 6.21. The van der Waals surface area contributed by atoms with Crippen LogP contribution in [0.2, 0.25) is 0 Å². The van der Waals surface area contributed by atoms with Crippen molar-refractivity contribution in [2.75, 3.05) is 20.3 Å². The summed E-state index contributed by atoms with van der Waals surface area (Å²) in [5.74, 6) is 0. The van der Waals surface area contributed by atoms with Crippen molar-refractivity contribution in [3.8, 4) is 0 Å². The van der Waals surface area contributed by atoms with Gasteiger partial charge in [0.1, 0.15) is 0 Å². The van der Waals surface area contributed by atoms with Crippen LogP contribution in [0, 0.1) is 0 Å². The second-order valence-electron chi connectivity index (χ2n) is 4.17. The molecule has 0 spiro atoms. The van der Waals surface area contributed by atoms with Crippen molar-refractivity contribution >= 4 is 0 Å². The topological polar surface area (TPSA) is 41.5 Å². The molecular weight excluding hydrogens is 214 g/mol. The molecule has 3 heteroatoms. The highest BCUT2D eigenvalue weighted by molar-refractivity contribution is 5.26. The van der Waals surface area contributed by atoms with Crippen molar-refractivity contribution < 1.29 is 9.84 Å². The first-order valence-electron chi connectivity index (χ1n) is 6.21. The van der Waals surface area contributed by atoms with Crippen molar-refractivity contribution in [2.45, 2.75) is 32.4 Å². The Morgan fingerprint density at radius 3 is 2.59 bits per heavy atom. The molecule has 17 heavy (non-hydrogen) atoms. The van der Waals surface area contributed by atoms with Crippen molar-refractivity contribution in [3.63, 3.8) is 0 Å². The van der Waals surface area contributed by atoms with E-state index in [4.69, 9.17) is 9.84 Å². The summed E-state index contributed by atoms with van der Waals surface area (Å²) in [7, 11) is 1.69. The van der Waals surface area contributed by atoms with E-state index in [-0.39, 0.29) is 12.6 Å². The molecular formula is C14H23NO2. The number of aliphatic hydroxyl groups excluding tert-OH is 1. The summed E-state index contributed by atoms with van der Waals surface area (Å²) in [5, 5.41) is 12.4. The van der Waals surface area contributed by atoms with Crippen LogP contribution in [0.5, 0.6) is 0 Å². The van der Waals surface area contributed by atoms with Crippen LogP contribution in [0.4, 0.5) is 0 Å². The summed E-state index contributed by atoms with van der Waals surface area (Å²) in [6, 6.07) is 8.66. The summed E-state index contributed by atoms with van der Waals surface area (Å²) < 4.78 is 5.13. The molecule has 3 nitrogen and oxygen atoms in total. The molecule has 0 aliphatic rings. The maximum absolute atomic E-state index is 8.97. The maximum Gasteiger partial charge on any atom is 0.0616 e. The molecule has 0 heterocycles. The molecule has 1 unspecified atom stereocenters. The van der Waals surface area contributed by atoms with Gasteiger partial charge < -0.3 is 15.2 Å². The molecule has 0 saturated carbocycles. The summed E-state index contributed by atoms with van der Waals surface area (Å²) in [5.41, 5.74) is 2.70. The molecule has 0 aromatic heterocycles. The summed E-state index contributed by atoms with van der Waals surface area (Å²) in [6.07, 6.45) is 1.77. The lowest BCUT2D eigenvalue weighted by Gasteiger charge is -2.18. The average Bonchev–Trinajstić information content (AvgIpc) is 2.37. The highest BCUT2D eigenvalue weighted by Crippen LogP contribution is 2.09. The zero-order chi connectivity index (χ0) is 12.5. The van der Waals surface area contributed by atoms with Crippen LogP contribution in [-0.2, 0) is 17.7 Å². The van der Waals surface area contributed by atoms with Gasteiger partial charge in [0, 0.05) is 26.3 Å². The molecule has 0 aliphatic carbocycles. The Bertz CT molecular complexity index is 309. The number of aryl methyl sites for hydroxylation is 1. The van der Waals surface area contributed by atoms with Gasteiger partial charge in [-0.15, -0.1) is 0 Å². The minimum Gasteiger partial charge on any atom is -0.396 e. The number of nitrogens with one attached hydrogen (secondary N) is 1. The predicted molar refractivity (Wildman–Crippen MR) is 70.0 cm³/mol. The molecule has 0 fully saturated rings. The Labute approximate surface area is 104 Å². The van der Waals surface area contributed by atoms with Crippen molar-refractivity contribution in [1.29, 1.82) is 0 Å². The lowest BCUT2D eigenvalue weighted by molar-refractivity contribution is 0.148. The fourth-order valence-electron chi connectivity index (χ4n) is 1.93. The van der Waals surface area contributed by atoms with Gasteiger partial charge in [0.05, 0.1) is 6.61 Å². The van der Waals surface area contributed by atoms with Crippen LogP contribution in [0.25, 0.3) is 0 Å². The van der Waals surface area contributed by atoms with Gasteiger partial charge in [-0.25, -0.2) is 0 Å². The quantitative estimate of drug-likeness (QED) is 0.723. The number of benzene rings is 1. The van der Waals surface area contributed by atoms with E-state index < -0.39 is 0 Å². The van der Waals surface area contributed by atoms with Crippen molar-refractivity contribution in [1.82, 2.24) is 5.32 Å². The summed E-state index contributed by atoms with van der Waals surface area (Å²) in [6.45, 7) is 3.82. The molecule has 1 rings (SSSR count). The molecule has 1 aromatic carbocycles. The van der Waals surface area contributed by atoms with Crippen LogP contribution in [0.3, 0.4) is 0 Å². The van der Waals surface area contributed by atoms with Gasteiger partial charge in [-0.1, -0.05) is 31.2 Å². The predicted octanol–water partition coefficient (Wildman–Crippen LogP) is 1.74. The van der Waals surface area contributed by atoms with Gasteiger partial charge in [-0.05, 0) is 24.0 Å². The Kier molecular flexibility index (Phi) is 6.86. The lowest BCUT2D eigenvalue weighted by atomic mass is 10.0. The van der Waals surface area contributed by atoms with E-state index in [0.717, 1.165) is 19.4 Å². The third kappa shape index (κ3) is 4.86. The second kappa shape index (κ2) is 8.23. The van der Waals surface area contributed by atoms with Gasteiger partial charge in [-0.3, -0.25) is 0 Å². The Morgan fingerprint density at radius 1 is 1.29 bits per heavy atom. The third-order valence-electron chi connectivity index (χ3n) is 2.93. The molecule has 2 N–H and O–H groups in total. The molecule has 1 atom stereocenters. The number of methoxy groups -OCH3 is 1. The largest absolute Gasteiger partial charge is 0.396 e.